The fourth-order valence-corrected chi connectivity index (χ4v) is 2.05. The lowest BCUT2D eigenvalue weighted by Crippen LogP contribution is -2.38. The second kappa shape index (κ2) is 6.36. The Bertz CT molecular complexity index is 715. The van der Waals surface area contributed by atoms with Crippen LogP contribution in [0, 0.1) is 0 Å². The van der Waals surface area contributed by atoms with E-state index in [9.17, 15) is 14.4 Å². The number of likely N-dealkylation sites (N-methyl/N-ethyl adjacent to an activating group) is 1. The second-order valence-corrected chi connectivity index (χ2v) is 4.48. The van der Waals surface area contributed by atoms with Crippen molar-refractivity contribution in [2.24, 2.45) is 0 Å². The highest BCUT2D eigenvalue weighted by Gasteiger charge is 2.23. The summed E-state index contributed by atoms with van der Waals surface area (Å²) in [5.41, 5.74) is 1.18. The first kappa shape index (κ1) is 15.0. The first-order valence-electron chi connectivity index (χ1n) is 6.52. The Morgan fingerprint density at radius 3 is 2.86 bits per heavy atom. The quantitative estimate of drug-likeness (QED) is 0.604. The number of Topliss-reactive ketones (excluding diaryl/α,β-unsaturated/α-hetero) is 1. The van der Waals surface area contributed by atoms with Crippen LogP contribution in [0.5, 0.6) is 0 Å². The predicted octanol–water partition coefficient (Wildman–Crippen LogP) is 0.845. The van der Waals surface area contributed by atoms with Gasteiger partial charge in [-0.25, -0.2) is 4.79 Å². The molecule has 1 unspecified atom stereocenters. The number of aromatic nitrogens is 1. The monoisotopic (exact) mass is 292 g/mol. The van der Waals surface area contributed by atoms with Gasteiger partial charge in [-0.05, 0) is 24.7 Å². The van der Waals surface area contributed by atoms with Crippen molar-refractivity contribution in [3.8, 4) is 0 Å². The molecule has 2 rings (SSSR count). The maximum absolute atomic E-state index is 12.4. The van der Waals surface area contributed by atoms with E-state index in [0.29, 0.717) is 23.2 Å². The third-order valence-corrected chi connectivity index (χ3v) is 3.07. The van der Waals surface area contributed by atoms with E-state index in [-0.39, 0.29) is 12.2 Å². The molecule has 1 aromatic heterocycles. The lowest BCUT2D eigenvalue weighted by atomic mass is 10.0. The number of hydrogen-bond acceptors (Lipinski definition) is 6. The van der Waals surface area contributed by atoms with Gasteiger partial charge in [0.2, 0.25) is 0 Å². The van der Waals surface area contributed by atoms with Gasteiger partial charge in [0.05, 0.1) is 25.1 Å². The van der Waals surface area contributed by atoms with Crippen molar-refractivity contribution in [1.29, 1.82) is 0 Å². The van der Waals surface area contributed by atoms with Crippen LogP contribution in [0.3, 0.4) is 0 Å². The number of oxazole rings is 1. The molecular formula is C14H16N2O5. The number of ether oxygens (including phenoxy) is 1. The number of nitrogens with one attached hydrogen (secondary N) is 2. The highest BCUT2D eigenvalue weighted by atomic mass is 16.5. The van der Waals surface area contributed by atoms with Gasteiger partial charge in [-0.2, -0.15) is 0 Å². The number of esters is 1. The zero-order valence-corrected chi connectivity index (χ0v) is 11.8. The molecule has 2 N–H and O–H groups in total. The third kappa shape index (κ3) is 3.38. The molecule has 0 saturated carbocycles. The first-order valence-corrected chi connectivity index (χ1v) is 6.52. The Labute approximate surface area is 120 Å². The van der Waals surface area contributed by atoms with Crippen LogP contribution in [-0.2, 0) is 9.53 Å². The van der Waals surface area contributed by atoms with Crippen molar-refractivity contribution in [3.63, 3.8) is 0 Å². The summed E-state index contributed by atoms with van der Waals surface area (Å²) in [6.07, 6.45) is -0.0572. The standard InChI is InChI=1S/C14H16N2O5/c1-3-15-10(7-12(17)20-2)13(18)8-4-5-9-11(6-8)21-14(19)16-9/h4-6,10,15H,3,7H2,1-2H3,(H,16,19). The summed E-state index contributed by atoms with van der Waals surface area (Å²) in [5, 5.41) is 2.95. The number of methoxy groups -OCH3 is 1. The number of ketones is 1. The normalized spacial score (nSPS) is 12.3. The Morgan fingerprint density at radius 2 is 2.19 bits per heavy atom. The van der Waals surface area contributed by atoms with E-state index in [2.05, 4.69) is 15.0 Å². The van der Waals surface area contributed by atoms with Gasteiger partial charge >= 0.3 is 11.7 Å². The number of carbonyl (C=O) groups excluding carboxylic acids is 2. The average Bonchev–Trinajstić information content (AvgIpc) is 2.84. The third-order valence-electron chi connectivity index (χ3n) is 3.07. The van der Waals surface area contributed by atoms with Crippen LogP contribution in [0.15, 0.2) is 27.4 Å². The smallest absolute Gasteiger partial charge is 0.417 e. The van der Waals surface area contributed by atoms with Crippen LogP contribution < -0.4 is 11.1 Å². The summed E-state index contributed by atoms with van der Waals surface area (Å²) >= 11 is 0. The highest BCUT2D eigenvalue weighted by molar-refractivity contribution is 6.03. The molecule has 0 saturated heterocycles. The minimum absolute atomic E-state index is 0.0572. The topological polar surface area (TPSA) is 101 Å². The SMILES string of the molecule is CCNC(CC(=O)OC)C(=O)c1ccc2[nH]c(=O)oc2c1. The van der Waals surface area contributed by atoms with Crippen molar-refractivity contribution in [1.82, 2.24) is 10.3 Å². The molecular weight excluding hydrogens is 276 g/mol. The molecule has 0 radical (unpaired) electrons. The number of hydrogen-bond donors (Lipinski definition) is 2. The molecule has 1 aromatic carbocycles. The molecule has 0 bridgehead atoms. The van der Waals surface area contributed by atoms with Crippen LogP contribution in [0.25, 0.3) is 11.1 Å². The first-order chi connectivity index (χ1) is 10.0. The van der Waals surface area contributed by atoms with Crippen molar-refractivity contribution < 1.29 is 18.7 Å². The summed E-state index contributed by atoms with van der Waals surface area (Å²) < 4.78 is 9.52. The van der Waals surface area contributed by atoms with Gasteiger partial charge in [-0.15, -0.1) is 0 Å². The molecule has 0 amide bonds. The van der Waals surface area contributed by atoms with E-state index >= 15 is 0 Å². The molecule has 0 aliphatic carbocycles. The Morgan fingerprint density at radius 1 is 1.43 bits per heavy atom. The number of H-pyrrole nitrogens is 1. The maximum Gasteiger partial charge on any atom is 0.417 e. The van der Waals surface area contributed by atoms with Gasteiger partial charge in [0.25, 0.3) is 0 Å². The highest BCUT2D eigenvalue weighted by Crippen LogP contribution is 2.15. The van der Waals surface area contributed by atoms with Crippen molar-refractivity contribution >= 4 is 22.9 Å². The van der Waals surface area contributed by atoms with Gasteiger partial charge < -0.3 is 14.5 Å². The Hall–Kier alpha value is -2.41. The van der Waals surface area contributed by atoms with Crippen molar-refractivity contribution in [2.45, 2.75) is 19.4 Å². The minimum Gasteiger partial charge on any atom is -0.469 e. The summed E-state index contributed by atoms with van der Waals surface area (Å²) in [5.74, 6) is -1.30. The second-order valence-electron chi connectivity index (χ2n) is 4.48. The average molecular weight is 292 g/mol. The van der Waals surface area contributed by atoms with Gasteiger partial charge in [0, 0.05) is 5.56 Å². The minimum atomic E-state index is -0.675. The fraction of sp³-hybridized carbons (Fsp3) is 0.357. The number of aromatic amines is 1. The summed E-state index contributed by atoms with van der Waals surface area (Å²) in [6, 6.07) is 3.98. The summed E-state index contributed by atoms with van der Waals surface area (Å²) in [7, 11) is 1.27. The molecule has 2 aromatic rings. The molecule has 0 spiro atoms. The number of carbonyl (C=O) groups is 2. The van der Waals surface area contributed by atoms with Crippen LogP contribution in [0.2, 0.25) is 0 Å². The van der Waals surface area contributed by atoms with E-state index in [1.165, 1.54) is 13.2 Å². The summed E-state index contributed by atoms with van der Waals surface area (Å²) in [6.45, 7) is 2.38. The molecule has 0 aliphatic heterocycles. The maximum atomic E-state index is 12.4. The van der Waals surface area contributed by atoms with E-state index in [1.54, 1.807) is 12.1 Å². The molecule has 21 heavy (non-hydrogen) atoms. The van der Waals surface area contributed by atoms with Crippen LogP contribution in [0.1, 0.15) is 23.7 Å². The molecule has 0 aliphatic rings. The van der Waals surface area contributed by atoms with Crippen LogP contribution in [0.4, 0.5) is 0 Å². The van der Waals surface area contributed by atoms with Gasteiger partial charge in [0.15, 0.2) is 11.4 Å². The molecule has 7 heteroatoms. The van der Waals surface area contributed by atoms with Crippen molar-refractivity contribution in [3.05, 3.63) is 34.3 Å². The van der Waals surface area contributed by atoms with E-state index < -0.39 is 17.8 Å². The largest absolute Gasteiger partial charge is 0.469 e. The number of benzene rings is 1. The van der Waals surface area contributed by atoms with E-state index in [1.807, 2.05) is 6.92 Å². The molecule has 1 atom stereocenters. The predicted molar refractivity (Wildman–Crippen MR) is 75.3 cm³/mol. The summed E-state index contributed by atoms with van der Waals surface area (Å²) in [4.78, 5) is 37.4. The number of rotatable bonds is 6. The molecule has 7 nitrogen and oxygen atoms in total. The number of fused-ring (bicyclic) bond motifs is 1. The van der Waals surface area contributed by atoms with Crippen molar-refractivity contribution in [2.75, 3.05) is 13.7 Å². The van der Waals surface area contributed by atoms with E-state index in [4.69, 9.17) is 4.42 Å². The van der Waals surface area contributed by atoms with Gasteiger partial charge in [-0.1, -0.05) is 6.92 Å². The molecule has 112 valence electrons. The molecule has 1 heterocycles. The Balaban J connectivity index is 2.28. The molecule has 0 fully saturated rings. The zero-order valence-electron chi connectivity index (χ0n) is 11.8. The Kier molecular flexibility index (Phi) is 4.54. The lowest BCUT2D eigenvalue weighted by molar-refractivity contribution is -0.140. The lowest BCUT2D eigenvalue weighted by Gasteiger charge is -2.15. The van der Waals surface area contributed by atoms with Gasteiger partial charge in [-0.3, -0.25) is 14.6 Å². The van der Waals surface area contributed by atoms with E-state index in [0.717, 1.165) is 0 Å². The zero-order chi connectivity index (χ0) is 15.4. The fourth-order valence-electron chi connectivity index (χ4n) is 2.05. The van der Waals surface area contributed by atoms with Crippen LogP contribution >= 0.6 is 0 Å². The van der Waals surface area contributed by atoms with Crippen LogP contribution in [-0.4, -0.2) is 36.4 Å². The van der Waals surface area contributed by atoms with Gasteiger partial charge in [0.1, 0.15) is 0 Å².